The van der Waals surface area contributed by atoms with Crippen molar-refractivity contribution in [3.8, 4) is 0 Å². The van der Waals surface area contributed by atoms with Gasteiger partial charge >= 0.3 is 0 Å². The van der Waals surface area contributed by atoms with Gasteiger partial charge in [-0.15, -0.1) is 0 Å². The van der Waals surface area contributed by atoms with Gasteiger partial charge in [-0.2, -0.15) is 0 Å². The third-order valence-electron chi connectivity index (χ3n) is 3.38. The third-order valence-corrected chi connectivity index (χ3v) is 3.38. The molecule has 1 amide bonds. The Balaban J connectivity index is 1.96. The minimum Gasteiger partial charge on any atom is -0.394 e. The standard InChI is InChI=1S/C13H17F2N3O/c1-18-3-2-8(7-18)6-17-13(19)9-4-10(14)12(16)11(15)5-9/h4-5,8H,2-3,6-7,16H2,1H3,(H,17,19). The van der Waals surface area contributed by atoms with Crippen LogP contribution in [-0.2, 0) is 0 Å². The fourth-order valence-corrected chi connectivity index (χ4v) is 2.25. The van der Waals surface area contributed by atoms with Gasteiger partial charge in [0.1, 0.15) is 17.3 Å². The molecule has 0 radical (unpaired) electrons. The van der Waals surface area contributed by atoms with Crippen LogP contribution < -0.4 is 11.1 Å². The number of benzene rings is 1. The monoisotopic (exact) mass is 269 g/mol. The van der Waals surface area contributed by atoms with E-state index in [-0.39, 0.29) is 5.56 Å². The molecule has 1 aliphatic rings. The molecule has 6 heteroatoms. The Morgan fingerprint density at radius 2 is 2.11 bits per heavy atom. The molecule has 1 aromatic carbocycles. The number of anilines is 1. The Hall–Kier alpha value is -1.69. The average molecular weight is 269 g/mol. The van der Waals surface area contributed by atoms with E-state index < -0.39 is 23.2 Å². The van der Waals surface area contributed by atoms with Crippen LogP contribution in [0.5, 0.6) is 0 Å². The second-order valence-corrected chi connectivity index (χ2v) is 4.98. The topological polar surface area (TPSA) is 58.4 Å². The average Bonchev–Trinajstić information content (AvgIpc) is 2.78. The maximum Gasteiger partial charge on any atom is 0.251 e. The van der Waals surface area contributed by atoms with Gasteiger partial charge < -0.3 is 16.0 Å². The minimum absolute atomic E-state index is 0.0458. The number of amides is 1. The molecule has 3 N–H and O–H groups in total. The first-order valence-electron chi connectivity index (χ1n) is 6.18. The summed E-state index contributed by atoms with van der Waals surface area (Å²) in [6, 6.07) is 1.91. The predicted molar refractivity (Wildman–Crippen MR) is 68.7 cm³/mol. The summed E-state index contributed by atoms with van der Waals surface area (Å²) in [7, 11) is 2.02. The number of hydrogen-bond donors (Lipinski definition) is 2. The van der Waals surface area contributed by atoms with Crippen molar-refractivity contribution in [1.29, 1.82) is 0 Å². The zero-order valence-electron chi connectivity index (χ0n) is 10.7. The highest BCUT2D eigenvalue weighted by Crippen LogP contribution is 2.17. The van der Waals surface area contributed by atoms with Crippen molar-refractivity contribution in [2.24, 2.45) is 5.92 Å². The van der Waals surface area contributed by atoms with E-state index in [0.717, 1.165) is 31.6 Å². The summed E-state index contributed by atoms with van der Waals surface area (Å²) in [6.07, 6.45) is 1.02. The lowest BCUT2D eigenvalue weighted by atomic mass is 10.1. The van der Waals surface area contributed by atoms with Gasteiger partial charge in [-0.3, -0.25) is 4.79 Å². The number of carbonyl (C=O) groups is 1. The molecule has 0 bridgehead atoms. The zero-order chi connectivity index (χ0) is 14.0. The largest absolute Gasteiger partial charge is 0.394 e. The molecule has 1 atom stereocenters. The van der Waals surface area contributed by atoms with Crippen molar-refractivity contribution >= 4 is 11.6 Å². The first kappa shape index (κ1) is 13.7. The molecule has 1 heterocycles. The smallest absolute Gasteiger partial charge is 0.251 e. The summed E-state index contributed by atoms with van der Waals surface area (Å²) >= 11 is 0. The van der Waals surface area contributed by atoms with Crippen molar-refractivity contribution in [2.45, 2.75) is 6.42 Å². The van der Waals surface area contributed by atoms with Crippen LogP contribution in [0.4, 0.5) is 14.5 Å². The number of carbonyl (C=O) groups excluding carboxylic acids is 1. The summed E-state index contributed by atoms with van der Waals surface area (Å²) in [4.78, 5) is 14.0. The molecule has 2 rings (SSSR count). The van der Waals surface area contributed by atoms with E-state index in [1.165, 1.54) is 0 Å². The van der Waals surface area contributed by atoms with Gasteiger partial charge in [0.25, 0.3) is 5.91 Å². The van der Waals surface area contributed by atoms with E-state index in [9.17, 15) is 13.6 Å². The fraction of sp³-hybridized carbons (Fsp3) is 0.462. The molecule has 0 spiro atoms. The molecule has 19 heavy (non-hydrogen) atoms. The molecule has 1 saturated heterocycles. The van der Waals surface area contributed by atoms with Gasteiger partial charge in [0.15, 0.2) is 0 Å². The molecule has 0 saturated carbocycles. The molecule has 4 nitrogen and oxygen atoms in total. The summed E-state index contributed by atoms with van der Waals surface area (Å²) in [5.41, 5.74) is 4.55. The molecule has 0 aliphatic carbocycles. The molecule has 0 aromatic heterocycles. The minimum atomic E-state index is -0.911. The van der Waals surface area contributed by atoms with Crippen LogP contribution >= 0.6 is 0 Å². The van der Waals surface area contributed by atoms with Crippen molar-refractivity contribution < 1.29 is 13.6 Å². The first-order valence-corrected chi connectivity index (χ1v) is 6.18. The Morgan fingerprint density at radius 1 is 1.47 bits per heavy atom. The van der Waals surface area contributed by atoms with E-state index in [4.69, 9.17) is 5.73 Å². The predicted octanol–water partition coefficient (Wildman–Crippen LogP) is 1.23. The molecular weight excluding hydrogens is 252 g/mol. The lowest BCUT2D eigenvalue weighted by Gasteiger charge is -2.12. The zero-order valence-corrected chi connectivity index (χ0v) is 10.7. The van der Waals surface area contributed by atoms with Crippen LogP contribution in [0.2, 0.25) is 0 Å². The lowest BCUT2D eigenvalue weighted by Crippen LogP contribution is -2.30. The van der Waals surface area contributed by atoms with Gasteiger partial charge in [-0.25, -0.2) is 8.78 Å². The Labute approximate surface area is 110 Å². The number of hydrogen-bond acceptors (Lipinski definition) is 3. The van der Waals surface area contributed by atoms with Crippen molar-refractivity contribution in [3.63, 3.8) is 0 Å². The molecule has 1 fully saturated rings. The van der Waals surface area contributed by atoms with Crippen LogP contribution in [0.3, 0.4) is 0 Å². The van der Waals surface area contributed by atoms with E-state index in [1.54, 1.807) is 0 Å². The highest BCUT2D eigenvalue weighted by molar-refractivity contribution is 5.94. The molecule has 1 aromatic rings. The second kappa shape index (κ2) is 5.52. The lowest BCUT2D eigenvalue weighted by molar-refractivity contribution is 0.0946. The van der Waals surface area contributed by atoms with Crippen LogP contribution in [0.1, 0.15) is 16.8 Å². The molecule has 1 aliphatic heterocycles. The fourth-order valence-electron chi connectivity index (χ4n) is 2.25. The van der Waals surface area contributed by atoms with Crippen LogP contribution in [0, 0.1) is 17.6 Å². The molecule has 104 valence electrons. The Morgan fingerprint density at radius 3 is 2.63 bits per heavy atom. The van der Waals surface area contributed by atoms with Crippen molar-refractivity contribution in [1.82, 2.24) is 10.2 Å². The van der Waals surface area contributed by atoms with E-state index in [1.807, 2.05) is 7.05 Å². The molecule has 1 unspecified atom stereocenters. The van der Waals surface area contributed by atoms with E-state index >= 15 is 0 Å². The van der Waals surface area contributed by atoms with Gasteiger partial charge in [-0.05, 0) is 38.1 Å². The number of nitrogens with zero attached hydrogens (tertiary/aromatic N) is 1. The van der Waals surface area contributed by atoms with E-state index in [2.05, 4.69) is 10.2 Å². The Kier molecular flexibility index (Phi) is 3.99. The summed E-state index contributed by atoms with van der Waals surface area (Å²) in [5, 5.41) is 2.70. The van der Waals surface area contributed by atoms with Gasteiger partial charge in [-0.1, -0.05) is 0 Å². The van der Waals surface area contributed by atoms with Gasteiger partial charge in [0, 0.05) is 18.7 Å². The quantitative estimate of drug-likeness (QED) is 0.811. The number of nitrogens with two attached hydrogens (primary N) is 1. The number of nitrogen functional groups attached to an aromatic ring is 1. The maximum atomic E-state index is 13.2. The van der Waals surface area contributed by atoms with Crippen molar-refractivity contribution in [2.75, 3.05) is 32.4 Å². The highest BCUT2D eigenvalue weighted by atomic mass is 19.1. The number of rotatable bonds is 3. The summed E-state index contributed by atoms with van der Waals surface area (Å²) in [6.45, 7) is 2.44. The number of halogens is 2. The van der Waals surface area contributed by atoms with Crippen LogP contribution in [-0.4, -0.2) is 37.5 Å². The first-order chi connectivity index (χ1) is 8.97. The summed E-state index contributed by atoms with van der Waals surface area (Å²) < 4.78 is 26.5. The molecular formula is C13H17F2N3O. The SMILES string of the molecule is CN1CCC(CNC(=O)c2cc(F)c(N)c(F)c2)C1. The number of nitrogens with one attached hydrogen (secondary N) is 1. The van der Waals surface area contributed by atoms with Crippen LogP contribution in [0.15, 0.2) is 12.1 Å². The van der Waals surface area contributed by atoms with Crippen molar-refractivity contribution in [3.05, 3.63) is 29.3 Å². The number of likely N-dealkylation sites (tertiary alicyclic amines) is 1. The van der Waals surface area contributed by atoms with Gasteiger partial charge in [0.05, 0.1) is 0 Å². The Bertz CT molecular complexity index is 470. The van der Waals surface area contributed by atoms with Gasteiger partial charge in [0.2, 0.25) is 0 Å². The second-order valence-electron chi connectivity index (χ2n) is 4.98. The van der Waals surface area contributed by atoms with Crippen LogP contribution in [0.25, 0.3) is 0 Å². The maximum absolute atomic E-state index is 13.2. The van der Waals surface area contributed by atoms with E-state index in [0.29, 0.717) is 12.5 Å². The normalized spacial score (nSPS) is 19.6. The third kappa shape index (κ3) is 3.20. The summed E-state index contributed by atoms with van der Waals surface area (Å²) in [5.74, 6) is -1.92. The highest BCUT2D eigenvalue weighted by Gasteiger charge is 2.20.